The molecule has 128 valence electrons. The third-order valence-electron chi connectivity index (χ3n) is 3.89. The second kappa shape index (κ2) is 7.62. The molecule has 0 aliphatic carbocycles. The predicted molar refractivity (Wildman–Crippen MR) is 99.0 cm³/mol. The Balaban J connectivity index is 2.18. The molecular weight excluding hydrogens is 324 g/mol. The van der Waals surface area contributed by atoms with Gasteiger partial charge in [0, 0.05) is 18.3 Å². The van der Waals surface area contributed by atoms with Gasteiger partial charge in [-0.15, -0.1) is 0 Å². The largest absolute Gasteiger partial charge is 0.350 e. The van der Waals surface area contributed by atoms with E-state index in [4.69, 9.17) is 11.6 Å². The first-order valence-electron chi connectivity index (χ1n) is 7.93. The summed E-state index contributed by atoms with van der Waals surface area (Å²) in [6.45, 7) is 7.94. The number of rotatable bonds is 5. The molecule has 1 aromatic heterocycles. The quantitative estimate of drug-likeness (QED) is 0.839. The number of amides is 1. The van der Waals surface area contributed by atoms with Crippen LogP contribution in [0.4, 0.5) is 11.5 Å². The lowest BCUT2D eigenvalue weighted by molar-refractivity contribution is -0.114. The van der Waals surface area contributed by atoms with Crippen LogP contribution in [-0.4, -0.2) is 29.5 Å². The molecular formula is C18H23ClN4O. The highest BCUT2D eigenvalue weighted by atomic mass is 35.5. The first-order chi connectivity index (χ1) is 11.3. The summed E-state index contributed by atoms with van der Waals surface area (Å²) in [6, 6.07) is 5.94. The maximum absolute atomic E-state index is 12.4. The number of carbonyl (C=O) groups excluding carboxylic acids is 1. The highest BCUT2D eigenvalue weighted by Gasteiger charge is 2.17. The average molecular weight is 347 g/mol. The minimum Gasteiger partial charge on any atom is -0.350 e. The summed E-state index contributed by atoms with van der Waals surface area (Å²) in [4.78, 5) is 22.9. The summed E-state index contributed by atoms with van der Waals surface area (Å²) >= 11 is 6.21. The van der Waals surface area contributed by atoms with Crippen molar-refractivity contribution in [3.05, 3.63) is 45.9 Å². The summed E-state index contributed by atoms with van der Waals surface area (Å²) in [5, 5.41) is 3.44. The van der Waals surface area contributed by atoms with Gasteiger partial charge in [-0.1, -0.05) is 36.7 Å². The fourth-order valence-electron chi connectivity index (χ4n) is 2.65. The topological polar surface area (TPSA) is 58.1 Å². The molecule has 0 atom stereocenters. The molecule has 0 saturated carbocycles. The van der Waals surface area contributed by atoms with E-state index < -0.39 is 0 Å². The molecule has 2 aromatic rings. The lowest BCUT2D eigenvalue weighted by Crippen LogP contribution is -2.32. The van der Waals surface area contributed by atoms with E-state index in [0.29, 0.717) is 23.2 Å². The van der Waals surface area contributed by atoms with Crippen molar-refractivity contribution in [3.63, 3.8) is 0 Å². The maximum atomic E-state index is 12.4. The van der Waals surface area contributed by atoms with Crippen molar-refractivity contribution < 1.29 is 4.79 Å². The number of carbonyl (C=O) groups is 1. The molecule has 5 nitrogen and oxygen atoms in total. The van der Waals surface area contributed by atoms with Gasteiger partial charge >= 0.3 is 0 Å². The first kappa shape index (κ1) is 18.2. The number of nitrogens with zero attached hydrogens (tertiary/aromatic N) is 3. The van der Waals surface area contributed by atoms with Crippen molar-refractivity contribution >= 4 is 29.0 Å². The highest BCUT2D eigenvalue weighted by molar-refractivity contribution is 6.30. The molecule has 0 bridgehead atoms. The van der Waals surface area contributed by atoms with Crippen LogP contribution in [0.3, 0.4) is 0 Å². The standard InChI is InChI=1S/C18H23ClN4O/c1-6-14-17(19)20-13(4)21-18(14)23(5)10-15(24)22-16-11(2)8-7-9-12(16)3/h7-9H,6,10H2,1-5H3,(H,22,24). The van der Waals surface area contributed by atoms with Gasteiger partial charge in [0.25, 0.3) is 0 Å². The fraction of sp³-hybridized carbons (Fsp3) is 0.389. The molecule has 1 aromatic carbocycles. The van der Waals surface area contributed by atoms with Crippen molar-refractivity contribution in [2.75, 3.05) is 23.8 Å². The minimum atomic E-state index is -0.0932. The number of nitrogens with one attached hydrogen (secondary N) is 1. The Morgan fingerprint density at radius 1 is 1.21 bits per heavy atom. The van der Waals surface area contributed by atoms with E-state index >= 15 is 0 Å². The van der Waals surface area contributed by atoms with Crippen LogP contribution in [0, 0.1) is 20.8 Å². The average Bonchev–Trinajstić information content (AvgIpc) is 2.50. The summed E-state index contributed by atoms with van der Waals surface area (Å²) in [5.74, 6) is 1.20. The number of aromatic nitrogens is 2. The van der Waals surface area contributed by atoms with Crippen molar-refractivity contribution in [1.29, 1.82) is 0 Å². The lowest BCUT2D eigenvalue weighted by Gasteiger charge is -2.22. The van der Waals surface area contributed by atoms with E-state index in [2.05, 4.69) is 15.3 Å². The third-order valence-corrected chi connectivity index (χ3v) is 4.20. The highest BCUT2D eigenvalue weighted by Crippen LogP contribution is 2.24. The molecule has 1 amide bonds. The smallest absolute Gasteiger partial charge is 0.243 e. The van der Waals surface area contributed by atoms with Gasteiger partial charge in [-0.05, 0) is 38.3 Å². The first-order valence-corrected chi connectivity index (χ1v) is 8.31. The van der Waals surface area contributed by atoms with Gasteiger partial charge in [0.15, 0.2) is 0 Å². The molecule has 0 radical (unpaired) electrons. The molecule has 0 spiro atoms. The van der Waals surface area contributed by atoms with Crippen LogP contribution < -0.4 is 10.2 Å². The van der Waals surface area contributed by atoms with E-state index in [1.165, 1.54) is 0 Å². The van der Waals surface area contributed by atoms with Gasteiger partial charge in [0.2, 0.25) is 5.91 Å². The van der Waals surface area contributed by atoms with Gasteiger partial charge in [-0.25, -0.2) is 9.97 Å². The zero-order valence-electron chi connectivity index (χ0n) is 14.8. The fourth-order valence-corrected chi connectivity index (χ4v) is 2.99. The second-order valence-corrected chi connectivity index (χ2v) is 6.25. The van der Waals surface area contributed by atoms with Crippen LogP contribution in [0.5, 0.6) is 0 Å². The minimum absolute atomic E-state index is 0.0932. The Bertz CT molecular complexity index is 741. The van der Waals surface area contributed by atoms with Crippen molar-refractivity contribution in [3.8, 4) is 0 Å². The van der Waals surface area contributed by atoms with E-state index in [0.717, 1.165) is 22.4 Å². The van der Waals surface area contributed by atoms with Crippen LogP contribution >= 0.6 is 11.6 Å². The number of aryl methyl sites for hydroxylation is 3. The molecule has 2 rings (SSSR count). The summed E-state index contributed by atoms with van der Waals surface area (Å²) in [7, 11) is 1.83. The second-order valence-electron chi connectivity index (χ2n) is 5.89. The van der Waals surface area contributed by atoms with Gasteiger partial charge in [-0.3, -0.25) is 4.79 Å². The van der Waals surface area contributed by atoms with Gasteiger partial charge in [0.05, 0.1) is 6.54 Å². The van der Waals surface area contributed by atoms with Gasteiger partial charge in [0.1, 0.15) is 16.8 Å². The SMILES string of the molecule is CCc1c(Cl)nc(C)nc1N(C)CC(=O)Nc1c(C)cccc1C. The van der Waals surface area contributed by atoms with E-state index in [1.807, 2.05) is 50.9 Å². The Morgan fingerprint density at radius 3 is 2.42 bits per heavy atom. The summed E-state index contributed by atoms with van der Waals surface area (Å²) < 4.78 is 0. The predicted octanol–water partition coefficient (Wildman–Crippen LogP) is 3.69. The normalized spacial score (nSPS) is 10.6. The number of para-hydroxylation sites is 1. The van der Waals surface area contributed by atoms with Crippen molar-refractivity contribution in [1.82, 2.24) is 9.97 Å². The van der Waals surface area contributed by atoms with Crippen LogP contribution in [0.1, 0.15) is 29.4 Å². The van der Waals surface area contributed by atoms with Gasteiger partial charge < -0.3 is 10.2 Å². The van der Waals surface area contributed by atoms with Crippen LogP contribution in [0.2, 0.25) is 5.15 Å². The molecule has 6 heteroatoms. The molecule has 0 aliphatic rings. The molecule has 0 fully saturated rings. The van der Waals surface area contributed by atoms with Crippen molar-refractivity contribution in [2.45, 2.75) is 34.1 Å². The Morgan fingerprint density at radius 2 is 1.83 bits per heavy atom. The molecule has 1 heterocycles. The lowest BCUT2D eigenvalue weighted by atomic mass is 10.1. The Labute approximate surface area is 148 Å². The molecule has 24 heavy (non-hydrogen) atoms. The van der Waals surface area contributed by atoms with E-state index in [1.54, 1.807) is 6.92 Å². The Hall–Kier alpha value is -2.14. The number of likely N-dealkylation sites (N-methyl/N-ethyl adjacent to an activating group) is 1. The molecule has 0 saturated heterocycles. The molecule has 0 aliphatic heterocycles. The van der Waals surface area contributed by atoms with E-state index in [-0.39, 0.29) is 12.5 Å². The van der Waals surface area contributed by atoms with Crippen LogP contribution in [-0.2, 0) is 11.2 Å². The van der Waals surface area contributed by atoms with E-state index in [9.17, 15) is 4.79 Å². The monoisotopic (exact) mass is 346 g/mol. The van der Waals surface area contributed by atoms with Gasteiger partial charge in [-0.2, -0.15) is 0 Å². The number of hydrogen-bond donors (Lipinski definition) is 1. The summed E-state index contributed by atoms with van der Waals surface area (Å²) in [6.07, 6.45) is 0.706. The maximum Gasteiger partial charge on any atom is 0.243 e. The number of halogens is 1. The number of hydrogen-bond acceptors (Lipinski definition) is 4. The molecule has 1 N–H and O–H groups in total. The van der Waals surface area contributed by atoms with Crippen molar-refractivity contribution in [2.24, 2.45) is 0 Å². The number of anilines is 2. The molecule has 0 unspecified atom stereocenters. The summed E-state index contributed by atoms with van der Waals surface area (Å²) in [5.41, 5.74) is 3.80. The van der Waals surface area contributed by atoms with Crippen LogP contribution in [0.15, 0.2) is 18.2 Å². The number of benzene rings is 1. The Kier molecular flexibility index (Phi) is 5.78. The zero-order chi connectivity index (χ0) is 17.9. The van der Waals surface area contributed by atoms with Crippen LogP contribution in [0.25, 0.3) is 0 Å². The third kappa shape index (κ3) is 4.03. The zero-order valence-corrected chi connectivity index (χ0v) is 15.5.